The smallest absolute Gasteiger partial charge is 0.252 e. The van der Waals surface area contributed by atoms with Crippen molar-refractivity contribution in [3.63, 3.8) is 0 Å². The van der Waals surface area contributed by atoms with Crippen molar-refractivity contribution < 1.29 is 15.7 Å². The average Bonchev–Trinajstić information content (AvgIpc) is 1.23. The molecule has 1 aliphatic carbocycles. The quantitative estimate of drug-likeness (QED) is 0.141. The molecule has 0 atom stereocenters. The Labute approximate surface area is 569 Å². The Morgan fingerprint density at radius 1 is 0.292 bits per heavy atom. The molecule has 0 radical (unpaired) electrons. The second-order valence-electron chi connectivity index (χ2n) is 25.3. The summed E-state index contributed by atoms with van der Waals surface area (Å²) in [6, 6.07) is 104. The van der Waals surface area contributed by atoms with Crippen LogP contribution >= 0.6 is 0 Å². The van der Waals surface area contributed by atoms with Gasteiger partial charge in [-0.3, -0.25) is 0 Å². The molecule has 0 N–H and O–H groups in total. The van der Waals surface area contributed by atoms with E-state index in [1.807, 2.05) is 36.4 Å². The number of rotatable bonds is 8. The predicted molar refractivity (Wildman–Crippen MR) is 399 cm³/mol. The third-order valence-electron chi connectivity index (χ3n) is 20.2. The summed E-state index contributed by atoms with van der Waals surface area (Å²) in [4.78, 5) is 4.70. The van der Waals surface area contributed by atoms with Crippen LogP contribution in [0.2, 0.25) is 0 Å². The first kappa shape index (κ1) is 46.6. The summed E-state index contributed by atoms with van der Waals surface area (Å²) in [5, 5.41) is -0.0291. The Balaban J connectivity index is 0.995. The van der Waals surface area contributed by atoms with E-state index in [2.05, 4.69) is 277 Å². The molecule has 15 aromatic carbocycles. The highest BCUT2D eigenvalue weighted by Crippen LogP contribution is 2.63. The van der Waals surface area contributed by atoms with Crippen LogP contribution in [0, 0.1) is 0 Å². The molecule has 5 heteroatoms. The maximum atomic E-state index is 10.0. The fourth-order valence-electron chi connectivity index (χ4n) is 16.2. The number of nitrogens with zero attached hydrogens (tertiary/aromatic N) is 3. The standard InChI is InChI=1S/C91H58BN3O/c1-6-26-59(27-7-1)64-46-47-84-80(54-64)92-81-57-79-89(96-88-45-25-22-42-78(88)91(79)76-40-20-16-36-72(76)73-37-17-21-41-77(73)91)58-85(81)95(70-52-67(62-32-12-4-13-33-62)49-68(53-70)63-34-14-5-15-35-63)87-56-71(93-82-43-23-18-38-74(82)75-39-19-24-44-83(75)93)55-86(90(87)92)94(84)69-50-65(60-28-8-2-9-29-60)48-66(51-69)61-30-10-3-11-31-61/h1-58H/i18D,19D,23D,24D,38D,39D,43D,44D. The Kier molecular flexibility index (Phi) is 10.3. The van der Waals surface area contributed by atoms with Crippen LogP contribution in [-0.2, 0) is 5.41 Å². The molecule has 0 amide bonds. The van der Waals surface area contributed by atoms with E-state index < -0.39 is 60.5 Å². The molecule has 0 fully saturated rings. The number of para-hydroxylation sites is 3. The molecular weight excluding hydrogens is 1160 g/mol. The SMILES string of the molecule is [2H]c1c([2H])c([2H])c2c(c1[2H])c1c([2H])c([2H])c([2H])c([2H])c1n2-c1cc2c3c(c1)N(c1cc(-c4ccccc4)cc(-c4ccccc4)c1)c1cc4c(cc1B3c1cc(-c3ccccc3)ccc1N2c1cc(-c2ccccc2)cc(-c2ccccc2)c1)C1(c2ccccc2O4)c2ccccc2-c2ccccc21. The molecule has 0 bridgehead atoms. The lowest BCUT2D eigenvalue weighted by Crippen LogP contribution is -2.61. The second-order valence-corrected chi connectivity index (χ2v) is 25.3. The van der Waals surface area contributed by atoms with Gasteiger partial charge >= 0.3 is 0 Å². The monoisotopic (exact) mass is 1230 g/mol. The van der Waals surface area contributed by atoms with E-state index in [1.165, 1.54) is 0 Å². The molecule has 16 aromatic rings. The average molecular weight is 1230 g/mol. The van der Waals surface area contributed by atoms with E-state index in [-0.39, 0.29) is 21.8 Å². The zero-order valence-corrected chi connectivity index (χ0v) is 51.7. The Bertz CT molecular complexity index is 6090. The summed E-state index contributed by atoms with van der Waals surface area (Å²) in [6.45, 7) is -0.564. The molecule has 1 aromatic heterocycles. The van der Waals surface area contributed by atoms with E-state index >= 15 is 0 Å². The summed E-state index contributed by atoms with van der Waals surface area (Å²) in [6.07, 6.45) is 0. The molecule has 96 heavy (non-hydrogen) atoms. The summed E-state index contributed by atoms with van der Waals surface area (Å²) in [7, 11) is 0. The molecular formula is C91H58BN3O. The summed E-state index contributed by atoms with van der Waals surface area (Å²) >= 11 is 0. The number of fused-ring (bicyclic) bond motifs is 16. The van der Waals surface area contributed by atoms with Gasteiger partial charge in [-0.1, -0.05) is 273 Å². The van der Waals surface area contributed by atoms with Crippen LogP contribution in [0.25, 0.3) is 94.3 Å². The van der Waals surface area contributed by atoms with E-state index in [0.29, 0.717) is 17.1 Å². The lowest BCUT2D eigenvalue weighted by atomic mass is 9.33. The Morgan fingerprint density at radius 3 is 1.21 bits per heavy atom. The van der Waals surface area contributed by atoms with Crippen LogP contribution in [0.15, 0.2) is 352 Å². The van der Waals surface area contributed by atoms with Gasteiger partial charge in [0.25, 0.3) is 6.71 Å². The van der Waals surface area contributed by atoms with Gasteiger partial charge in [0.2, 0.25) is 0 Å². The molecule has 0 saturated heterocycles. The molecule has 3 aliphatic heterocycles. The van der Waals surface area contributed by atoms with Gasteiger partial charge in [0.05, 0.1) is 33.1 Å². The van der Waals surface area contributed by atoms with Crippen molar-refractivity contribution in [2.45, 2.75) is 5.41 Å². The van der Waals surface area contributed by atoms with Gasteiger partial charge in [0.1, 0.15) is 11.5 Å². The van der Waals surface area contributed by atoms with Crippen LogP contribution in [0.4, 0.5) is 34.1 Å². The van der Waals surface area contributed by atoms with Crippen molar-refractivity contribution in [3.8, 4) is 83.9 Å². The van der Waals surface area contributed by atoms with Crippen molar-refractivity contribution >= 4 is 79.0 Å². The number of aromatic nitrogens is 1. The van der Waals surface area contributed by atoms with Crippen molar-refractivity contribution in [2.75, 3.05) is 9.80 Å². The number of hydrogen-bond donors (Lipinski definition) is 0. The zero-order chi connectivity index (χ0) is 70.0. The molecule has 20 rings (SSSR count). The normalized spacial score (nSPS) is 14.5. The fraction of sp³-hybridized carbons (Fsp3) is 0.0110. The van der Waals surface area contributed by atoms with Gasteiger partial charge in [-0.2, -0.15) is 0 Å². The topological polar surface area (TPSA) is 20.6 Å². The maximum absolute atomic E-state index is 10.0. The summed E-state index contributed by atoms with van der Waals surface area (Å²) in [5.74, 6) is 1.40. The minimum Gasteiger partial charge on any atom is -0.457 e. The minimum atomic E-state index is -0.865. The van der Waals surface area contributed by atoms with Crippen molar-refractivity contribution in [2.24, 2.45) is 0 Å². The van der Waals surface area contributed by atoms with E-state index in [0.717, 1.165) is 140 Å². The van der Waals surface area contributed by atoms with Gasteiger partial charge in [-0.15, -0.1) is 0 Å². The predicted octanol–water partition coefficient (Wildman–Crippen LogP) is 21.7. The van der Waals surface area contributed by atoms with Crippen LogP contribution in [0.3, 0.4) is 0 Å². The third-order valence-corrected chi connectivity index (χ3v) is 20.2. The maximum Gasteiger partial charge on any atom is 0.252 e. The van der Waals surface area contributed by atoms with Gasteiger partial charge in [-0.25, -0.2) is 0 Å². The third kappa shape index (κ3) is 8.11. The number of anilines is 6. The molecule has 0 unspecified atom stereocenters. The van der Waals surface area contributed by atoms with Gasteiger partial charge in [0, 0.05) is 62.1 Å². The molecule has 4 aliphatic rings. The highest BCUT2D eigenvalue weighted by atomic mass is 16.5. The molecule has 4 nitrogen and oxygen atoms in total. The largest absolute Gasteiger partial charge is 0.457 e. The lowest BCUT2D eigenvalue weighted by molar-refractivity contribution is 0.437. The first-order chi connectivity index (χ1) is 50.9. The van der Waals surface area contributed by atoms with Gasteiger partial charge in [0.15, 0.2) is 0 Å². The molecule has 1 spiro atoms. The van der Waals surface area contributed by atoms with Gasteiger partial charge < -0.3 is 19.1 Å². The van der Waals surface area contributed by atoms with Crippen molar-refractivity contribution in [1.29, 1.82) is 0 Å². The lowest BCUT2D eigenvalue weighted by Gasteiger charge is -2.46. The molecule has 446 valence electrons. The second kappa shape index (κ2) is 21.3. The van der Waals surface area contributed by atoms with E-state index in [4.69, 9.17) is 4.74 Å². The van der Waals surface area contributed by atoms with E-state index in [1.54, 1.807) is 4.57 Å². The Hall–Kier alpha value is -12.4. The van der Waals surface area contributed by atoms with E-state index in [9.17, 15) is 11.0 Å². The minimum absolute atomic E-state index is 0.0122. The van der Waals surface area contributed by atoms with Gasteiger partial charge in [-0.05, 0) is 167 Å². The fourth-order valence-corrected chi connectivity index (χ4v) is 16.2. The highest BCUT2D eigenvalue weighted by Gasteiger charge is 2.53. The van der Waals surface area contributed by atoms with Crippen LogP contribution in [0.5, 0.6) is 11.5 Å². The van der Waals surface area contributed by atoms with Crippen LogP contribution in [0.1, 0.15) is 33.2 Å². The number of hydrogen-bond acceptors (Lipinski definition) is 3. The van der Waals surface area contributed by atoms with Crippen LogP contribution in [-0.4, -0.2) is 11.3 Å². The molecule has 0 saturated carbocycles. The van der Waals surface area contributed by atoms with Crippen LogP contribution < -0.4 is 30.9 Å². The zero-order valence-electron chi connectivity index (χ0n) is 59.7. The number of ether oxygens (including phenoxy) is 1. The first-order valence-electron chi connectivity index (χ1n) is 36.6. The first-order valence-corrected chi connectivity index (χ1v) is 32.6. The van der Waals surface area contributed by atoms with Crippen molar-refractivity contribution in [1.82, 2.24) is 4.57 Å². The summed E-state index contributed by atoms with van der Waals surface area (Å²) < 4.78 is 85.8. The Morgan fingerprint density at radius 2 is 0.708 bits per heavy atom. The van der Waals surface area contributed by atoms with Crippen molar-refractivity contribution in [3.05, 3.63) is 374 Å². The molecule has 4 heterocycles. The number of benzene rings is 15. The highest BCUT2D eigenvalue weighted by molar-refractivity contribution is 7.00. The summed E-state index contributed by atoms with van der Waals surface area (Å²) in [5.41, 5.74) is 23.8.